The van der Waals surface area contributed by atoms with E-state index in [0.29, 0.717) is 0 Å². The Kier molecular flexibility index (Phi) is 2.88. The van der Waals surface area contributed by atoms with E-state index in [9.17, 15) is 0 Å². The lowest BCUT2D eigenvalue weighted by atomic mass is 10.1. The molecule has 1 aromatic carbocycles. The number of hydrogen-bond acceptors (Lipinski definition) is 3. The van der Waals surface area contributed by atoms with E-state index in [4.69, 9.17) is 4.74 Å². The first-order valence-electron chi connectivity index (χ1n) is 5.77. The molecule has 3 nitrogen and oxygen atoms in total. The van der Waals surface area contributed by atoms with Gasteiger partial charge in [-0.1, -0.05) is 15.9 Å². The van der Waals surface area contributed by atoms with Crippen LogP contribution in [0.4, 0.5) is 5.69 Å². The van der Waals surface area contributed by atoms with Crippen molar-refractivity contribution in [3.05, 3.63) is 28.2 Å². The van der Waals surface area contributed by atoms with Gasteiger partial charge in [0.2, 0.25) is 0 Å². The molecular formula is C12H15BrN2O. The van der Waals surface area contributed by atoms with Crippen LogP contribution in [0.1, 0.15) is 24.8 Å². The molecule has 0 amide bonds. The van der Waals surface area contributed by atoms with Crippen LogP contribution in [0.3, 0.4) is 0 Å². The number of halogens is 1. The summed E-state index contributed by atoms with van der Waals surface area (Å²) in [6, 6.07) is 6.41. The SMILES string of the molecule is Brc1ccc2c(c1)CNN2C1CCCCO1. The van der Waals surface area contributed by atoms with Crippen molar-refractivity contribution in [3.63, 3.8) is 0 Å². The zero-order valence-corrected chi connectivity index (χ0v) is 10.7. The van der Waals surface area contributed by atoms with Crippen molar-refractivity contribution < 1.29 is 4.74 Å². The smallest absolute Gasteiger partial charge is 0.144 e. The Morgan fingerprint density at radius 3 is 3.12 bits per heavy atom. The van der Waals surface area contributed by atoms with Crippen molar-refractivity contribution in [3.8, 4) is 0 Å². The molecule has 4 heteroatoms. The third-order valence-electron chi connectivity index (χ3n) is 3.18. The zero-order chi connectivity index (χ0) is 11.0. The van der Waals surface area contributed by atoms with Gasteiger partial charge in [-0.3, -0.25) is 5.01 Å². The highest BCUT2D eigenvalue weighted by Gasteiger charge is 2.27. The predicted molar refractivity (Wildman–Crippen MR) is 67.1 cm³/mol. The molecule has 1 atom stereocenters. The second kappa shape index (κ2) is 4.35. The van der Waals surface area contributed by atoms with Gasteiger partial charge in [-0.15, -0.1) is 0 Å². The highest BCUT2D eigenvalue weighted by atomic mass is 79.9. The van der Waals surface area contributed by atoms with Gasteiger partial charge in [-0.2, -0.15) is 0 Å². The van der Waals surface area contributed by atoms with E-state index in [-0.39, 0.29) is 6.23 Å². The second-order valence-corrected chi connectivity index (χ2v) is 5.21. The van der Waals surface area contributed by atoms with Crippen molar-refractivity contribution in [2.75, 3.05) is 11.6 Å². The van der Waals surface area contributed by atoms with Gasteiger partial charge in [0.1, 0.15) is 6.23 Å². The summed E-state index contributed by atoms with van der Waals surface area (Å²) in [4.78, 5) is 0. The van der Waals surface area contributed by atoms with E-state index in [1.54, 1.807) is 0 Å². The van der Waals surface area contributed by atoms with Gasteiger partial charge in [-0.25, -0.2) is 5.43 Å². The minimum absolute atomic E-state index is 0.205. The molecule has 0 aliphatic carbocycles. The minimum atomic E-state index is 0.205. The quantitative estimate of drug-likeness (QED) is 0.857. The van der Waals surface area contributed by atoms with Crippen molar-refractivity contribution in [1.82, 2.24) is 5.43 Å². The third-order valence-corrected chi connectivity index (χ3v) is 3.68. The van der Waals surface area contributed by atoms with Crippen molar-refractivity contribution >= 4 is 21.6 Å². The fourth-order valence-electron chi connectivity index (χ4n) is 2.37. The maximum absolute atomic E-state index is 5.80. The summed E-state index contributed by atoms with van der Waals surface area (Å²) in [6.07, 6.45) is 3.77. The molecule has 1 fully saturated rings. The Morgan fingerprint density at radius 2 is 2.31 bits per heavy atom. The highest BCUT2D eigenvalue weighted by molar-refractivity contribution is 9.10. The molecule has 0 radical (unpaired) electrons. The molecule has 2 aliphatic heterocycles. The molecule has 0 bridgehead atoms. The van der Waals surface area contributed by atoms with E-state index in [2.05, 4.69) is 44.6 Å². The predicted octanol–water partition coefficient (Wildman–Crippen LogP) is 2.80. The summed E-state index contributed by atoms with van der Waals surface area (Å²) >= 11 is 3.50. The molecule has 0 aromatic heterocycles. The first-order chi connectivity index (χ1) is 7.84. The number of hydrogen-bond donors (Lipinski definition) is 1. The first kappa shape index (κ1) is 10.6. The fraction of sp³-hybridized carbons (Fsp3) is 0.500. The zero-order valence-electron chi connectivity index (χ0n) is 9.08. The van der Waals surface area contributed by atoms with Gasteiger partial charge in [-0.05, 0) is 43.0 Å². The van der Waals surface area contributed by atoms with E-state index >= 15 is 0 Å². The molecule has 0 saturated carbocycles. The molecule has 1 aromatic rings. The molecule has 86 valence electrons. The van der Waals surface area contributed by atoms with Gasteiger partial charge in [0, 0.05) is 17.6 Å². The van der Waals surface area contributed by atoms with Crippen LogP contribution < -0.4 is 10.4 Å². The summed E-state index contributed by atoms with van der Waals surface area (Å²) in [5, 5.41) is 2.18. The minimum Gasteiger partial charge on any atom is -0.357 e. The van der Waals surface area contributed by atoms with Crippen LogP contribution in [-0.4, -0.2) is 12.8 Å². The van der Waals surface area contributed by atoms with E-state index in [1.807, 2.05) is 0 Å². The van der Waals surface area contributed by atoms with Crippen LogP contribution in [0, 0.1) is 0 Å². The van der Waals surface area contributed by atoms with Crippen LogP contribution in [0.15, 0.2) is 22.7 Å². The topological polar surface area (TPSA) is 24.5 Å². The summed E-state index contributed by atoms with van der Waals surface area (Å²) in [5.41, 5.74) is 6.00. The van der Waals surface area contributed by atoms with Gasteiger partial charge >= 0.3 is 0 Å². The Labute approximate surface area is 104 Å². The number of fused-ring (bicyclic) bond motifs is 1. The van der Waals surface area contributed by atoms with Crippen LogP contribution in [-0.2, 0) is 11.3 Å². The lowest BCUT2D eigenvalue weighted by Crippen LogP contribution is -2.44. The largest absolute Gasteiger partial charge is 0.357 e. The fourth-order valence-corrected chi connectivity index (χ4v) is 2.78. The van der Waals surface area contributed by atoms with Crippen LogP contribution in [0.5, 0.6) is 0 Å². The Balaban J connectivity index is 1.84. The van der Waals surface area contributed by atoms with Crippen molar-refractivity contribution in [2.45, 2.75) is 32.0 Å². The lowest BCUT2D eigenvalue weighted by molar-refractivity contribution is 0.00928. The normalized spacial score (nSPS) is 24.6. The van der Waals surface area contributed by atoms with Crippen LogP contribution in [0.25, 0.3) is 0 Å². The second-order valence-electron chi connectivity index (χ2n) is 4.30. The monoisotopic (exact) mass is 282 g/mol. The molecule has 16 heavy (non-hydrogen) atoms. The number of ether oxygens (including phenoxy) is 1. The highest BCUT2D eigenvalue weighted by Crippen LogP contribution is 2.31. The van der Waals surface area contributed by atoms with E-state index < -0.39 is 0 Å². The summed E-state index contributed by atoms with van der Waals surface area (Å²) in [7, 11) is 0. The Bertz CT molecular complexity index is 391. The number of nitrogens with one attached hydrogen (secondary N) is 1. The number of anilines is 1. The maximum Gasteiger partial charge on any atom is 0.144 e. The number of benzene rings is 1. The first-order valence-corrected chi connectivity index (χ1v) is 6.57. The molecular weight excluding hydrogens is 268 g/mol. The van der Waals surface area contributed by atoms with Crippen LogP contribution >= 0.6 is 15.9 Å². The molecule has 1 unspecified atom stereocenters. The molecule has 1 N–H and O–H groups in total. The Morgan fingerprint density at radius 1 is 1.38 bits per heavy atom. The maximum atomic E-state index is 5.80. The third kappa shape index (κ3) is 1.85. The molecule has 2 heterocycles. The molecule has 1 saturated heterocycles. The van der Waals surface area contributed by atoms with Crippen molar-refractivity contribution in [1.29, 1.82) is 0 Å². The summed E-state index contributed by atoms with van der Waals surface area (Å²) in [5.74, 6) is 0. The number of rotatable bonds is 1. The van der Waals surface area contributed by atoms with Gasteiger partial charge in [0.15, 0.2) is 0 Å². The van der Waals surface area contributed by atoms with Gasteiger partial charge < -0.3 is 4.74 Å². The summed E-state index contributed by atoms with van der Waals surface area (Å²) in [6.45, 7) is 1.78. The van der Waals surface area contributed by atoms with Gasteiger partial charge in [0.05, 0.1) is 5.69 Å². The average molecular weight is 283 g/mol. The van der Waals surface area contributed by atoms with E-state index in [1.165, 1.54) is 24.1 Å². The van der Waals surface area contributed by atoms with Gasteiger partial charge in [0.25, 0.3) is 0 Å². The van der Waals surface area contributed by atoms with Crippen LogP contribution in [0.2, 0.25) is 0 Å². The number of nitrogens with zero attached hydrogens (tertiary/aromatic N) is 1. The Hall–Kier alpha value is -0.580. The number of hydrazine groups is 1. The standard InChI is InChI=1S/C12H15BrN2O/c13-10-4-5-11-9(7-10)8-14-15(11)12-3-1-2-6-16-12/h4-5,7,12,14H,1-3,6,8H2. The summed E-state index contributed by atoms with van der Waals surface area (Å²) < 4.78 is 6.94. The molecule has 2 aliphatic rings. The molecule has 0 spiro atoms. The van der Waals surface area contributed by atoms with E-state index in [0.717, 1.165) is 24.0 Å². The molecule has 3 rings (SSSR count). The van der Waals surface area contributed by atoms with Crippen molar-refractivity contribution in [2.24, 2.45) is 0 Å². The average Bonchev–Trinajstić information content (AvgIpc) is 2.73. The lowest BCUT2D eigenvalue weighted by Gasteiger charge is -2.32.